The Labute approximate surface area is 285 Å². The first kappa shape index (κ1) is 31.4. The number of piperazine rings is 1. The summed E-state index contributed by atoms with van der Waals surface area (Å²) in [6, 6.07) is 15.6. The first-order chi connectivity index (χ1) is 23.1. The largest absolute Gasteiger partial charge is 0.456 e. The number of hydrogen-bond acceptors (Lipinski definition) is 9. The Kier molecular flexibility index (Phi) is 8.00. The standard InChI is InChI=1S/C37H42ClN5O5/c1-36(2,3)48-35(44)25-9-11-28-30(19-25)43(22-27-13-18-45-27)33(40-28)23-41-14-16-42(17-15-41)29-5-4-6-31-34(29)47-37(46-31,20-24-7-8-24)32-12-10-26(38)21-39-32/h4-6,9-12,19,21,24,27H,7-8,13-18,20,22-23H2,1-3H3. The van der Waals surface area contributed by atoms with Gasteiger partial charge in [-0.05, 0) is 88.4 Å². The van der Waals surface area contributed by atoms with Gasteiger partial charge in [-0.2, -0.15) is 0 Å². The highest BCUT2D eigenvalue weighted by Gasteiger charge is 2.49. The zero-order chi connectivity index (χ0) is 33.0. The van der Waals surface area contributed by atoms with E-state index in [1.54, 1.807) is 6.20 Å². The minimum absolute atomic E-state index is 0.153. The van der Waals surface area contributed by atoms with E-state index >= 15 is 0 Å². The van der Waals surface area contributed by atoms with Gasteiger partial charge in [0, 0.05) is 45.4 Å². The summed E-state index contributed by atoms with van der Waals surface area (Å²) < 4.78 is 27.1. The van der Waals surface area contributed by atoms with Crippen LogP contribution in [0.25, 0.3) is 11.0 Å². The summed E-state index contributed by atoms with van der Waals surface area (Å²) in [7, 11) is 0. The number of hydrogen-bond donors (Lipinski definition) is 0. The first-order valence-electron chi connectivity index (χ1n) is 17.1. The fourth-order valence-corrected chi connectivity index (χ4v) is 6.95. The third kappa shape index (κ3) is 6.33. The molecule has 252 valence electrons. The molecule has 3 fully saturated rings. The van der Waals surface area contributed by atoms with Gasteiger partial charge in [0.05, 0.1) is 46.5 Å². The minimum atomic E-state index is -0.946. The number of esters is 1. The number of imidazole rings is 1. The van der Waals surface area contributed by atoms with Gasteiger partial charge in [0.1, 0.15) is 17.1 Å². The molecule has 4 aromatic rings. The zero-order valence-electron chi connectivity index (χ0n) is 27.8. The van der Waals surface area contributed by atoms with Gasteiger partial charge >= 0.3 is 5.97 Å². The molecule has 3 aliphatic heterocycles. The third-order valence-electron chi connectivity index (χ3n) is 9.59. The molecule has 2 unspecified atom stereocenters. The van der Waals surface area contributed by atoms with E-state index in [1.807, 2.05) is 63.2 Å². The lowest BCUT2D eigenvalue weighted by molar-refractivity contribution is -0.100. The van der Waals surface area contributed by atoms with Crippen molar-refractivity contribution in [3.05, 3.63) is 76.8 Å². The van der Waals surface area contributed by atoms with Gasteiger partial charge in [-0.15, -0.1) is 0 Å². The summed E-state index contributed by atoms with van der Waals surface area (Å²) in [6.45, 7) is 11.2. The number of anilines is 1. The number of halogens is 1. The molecule has 0 N–H and O–H groups in total. The number of benzene rings is 2. The lowest BCUT2D eigenvalue weighted by Crippen LogP contribution is -2.46. The molecule has 0 radical (unpaired) electrons. The van der Waals surface area contributed by atoms with Gasteiger partial charge in [-0.3, -0.25) is 9.88 Å². The number of rotatable bonds is 9. The van der Waals surface area contributed by atoms with Gasteiger partial charge in [-0.25, -0.2) is 9.78 Å². The second-order valence-corrected chi connectivity index (χ2v) is 14.9. The van der Waals surface area contributed by atoms with Gasteiger partial charge in [0.15, 0.2) is 11.5 Å². The van der Waals surface area contributed by atoms with Crippen LogP contribution in [0.1, 0.15) is 68.3 Å². The fourth-order valence-electron chi connectivity index (χ4n) is 6.84. The summed E-state index contributed by atoms with van der Waals surface area (Å²) >= 11 is 6.18. The molecule has 2 aromatic carbocycles. The number of pyridine rings is 1. The van der Waals surface area contributed by atoms with E-state index in [9.17, 15) is 4.79 Å². The number of aromatic nitrogens is 3. The van der Waals surface area contributed by atoms with Crippen molar-refractivity contribution in [2.24, 2.45) is 5.92 Å². The highest BCUT2D eigenvalue weighted by Crippen LogP contribution is 2.53. The van der Waals surface area contributed by atoms with Crippen molar-refractivity contribution in [2.45, 2.75) is 77.0 Å². The summed E-state index contributed by atoms with van der Waals surface area (Å²) in [5, 5.41) is 0.590. The predicted molar refractivity (Wildman–Crippen MR) is 183 cm³/mol. The number of carbonyl (C=O) groups excluding carboxylic acids is 1. The van der Waals surface area contributed by atoms with Crippen LogP contribution in [-0.4, -0.2) is 69.9 Å². The van der Waals surface area contributed by atoms with E-state index in [2.05, 4.69) is 25.4 Å². The second-order valence-electron chi connectivity index (χ2n) is 14.5. The van der Waals surface area contributed by atoms with Gasteiger partial charge in [0.2, 0.25) is 0 Å². The average Bonchev–Trinajstić information content (AvgIpc) is 3.66. The first-order valence-corrected chi connectivity index (χ1v) is 17.4. The second kappa shape index (κ2) is 12.2. The van der Waals surface area contributed by atoms with E-state index in [1.165, 1.54) is 12.8 Å². The normalized spacial score (nSPS) is 22.6. The Hall–Kier alpha value is -3.86. The molecule has 11 heteroatoms. The molecule has 0 spiro atoms. The Morgan fingerprint density at radius 3 is 2.54 bits per heavy atom. The quantitative estimate of drug-likeness (QED) is 0.183. The lowest BCUT2D eigenvalue weighted by atomic mass is 10.0. The molecule has 0 bridgehead atoms. The highest BCUT2D eigenvalue weighted by molar-refractivity contribution is 6.30. The van der Waals surface area contributed by atoms with Crippen LogP contribution < -0.4 is 14.4 Å². The Bertz CT molecular complexity index is 1820. The monoisotopic (exact) mass is 671 g/mol. The molecule has 2 atom stereocenters. The van der Waals surface area contributed by atoms with Crippen LogP contribution >= 0.6 is 11.6 Å². The SMILES string of the molecule is CC(C)(C)OC(=O)c1ccc2nc(CN3CCN(c4cccc5c4OC(CC4CC4)(c4ccc(Cl)cn4)O5)CC3)n(CC3CCO3)c2c1. The topological polar surface area (TPSA) is 91.2 Å². The Morgan fingerprint density at radius 2 is 1.85 bits per heavy atom. The molecule has 48 heavy (non-hydrogen) atoms. The van der Waals surface area contributed by atoms with E-state index < -0.39 is 11.4 Å². The van der Waals surface area contributed by atoms with Gasteiger partial charge in [-0.1, -0.05) is 17.7 Å². The average molecular weight is 672 g/mol. The van der Waals surface area contributed by atoms with E-state index in [4.69, 9.17) is 35.5 Å². The maximum absolute atomic E-state index is 12.9. The van der Waals surface area contributed by atoms with Crippen LogP contribution in [0, 0.1) is 5.92 Å². The summed E-state index contributed by atoms with van der Waals surface area (Å²) in [4.78, 5) is 27.4. The van der Waals surface area contributed by atoms with Crippen molar-refractivity contribution in [3.8, 4) is 11.5 Å². The fraction of sp³-hybridized carbons (Fsp3) is 0.486. The Balaban J connectivity index is 0.993. The third-order valence-corrected chi connectivity index (χ3v) is 9.81. The smallest absolute Gasteiger partial charge is 0.338 e. The molecule has 2 saturated heterocycles. The number of fused-ring (bicyclic) bond motifs is 2. The molecule has 1 saturated carbocycles. The van der Waals surface area contributed by atoms with Crippen molar-refractivity contribution in [3.63, 3.8) is 0 Å². The molecule has 0 amide bonds. The predicted octanol–water partition coefficient (Wildman–Crippen LogP) is 6.58. The van der Waals surface area contributed by atoms with Crippen LogP contribution in [0.5, 0.6) is 11.5 Å². The molecule has 10 nitrogen and oxygen atoms in total. The molecule has 1 aliphatic carbocycles. The lowest BCUT2D eigenvalue weighted by Gasteiger charge is -2.36. The number of carbonyl (C=O) groups is 1. The molecule has 4 aliphatic rings. The summed E-state index contributed by atoms with van der Waals surface area (Å²) in [5.41, 5.74) is 3.57. The number of para-hydroxylation sites is 1. The molecule has 5 heterocycles. The van der Waals surface area contributed by atoms with Crippen LogP contribution in [0.3, 0.4) is 0 Å². The molecule has 8 rings (SSSR count). The van der Waals surface area contributed by atoms with Gasteiger partial charge in [0.25, 0.3) is 5.79 Å². The van der Waals surface area contributed by atoms with Crippen LogP contribution in [-0.2, 0) is 28.4 Å². The van der Waals surface area contributed by atoms with Crippen molar-refractivity contribution in [1.29, 1.82) is 0 Å². The number of ether oxygens (including phenoxy) is 4. The van der Waals surface area contributed by atoms with E-state index in [-0.39, 0.29) is 12.1 Å². The van der Waals surface area contributed by atoms with Crippen molar-refractivity contribution in [1.82, 2.24) is 19.4 Å². The molecule has 2 aromatic heterocycles. The van der Waals surface area contributed by atoms with Crippen LogP contribution in [0.2, 0.25) is 5.02 Å². The Morgan fingerprint density at radius 1 is 1.04 bits per heavy atom. The molecular weight excluding hydrogens is 630 g/mol. The van der Waals surface area contributed by atoms with Crippen molar-refractivity contribution in [2.75, 3.05) is 37.7 Å². The highest BCUT2D eigenvalue weighted by atomic mass is 35.5. The van der Waals surface area contributed by atoms with Crippen molar-refractivity contribution < 1.29 is 23.7 Å². The number of nitrogens with zero attached hydrogens (tertiary/aromatic N) is 5. The van der Waals surface area contributed by atoms with E-state index in [0.717, 1.165) is 85.4 Å². The summed E-state index contributed by atoms with van der Waals surface area (Å²) in [6.07, 6.45) is 5.96. The zero-order valence-corrected chi connectivity index (χ0v) is 28.5. The maximum atomic E-state index is 12.9. The minimum Gasteiger partial charge on any atom is -0.456 e. The van der Waals surface area contributed by atoms with Crippen molar-refractivity contribution >= 4 is 34.3 Å². The van der Waals surface area contributed by atoms with E-state index in [0.29, 0.717) is 29.6 Å². The summed E-state index contributed by atoms with van der Waals surface area (Å²) in [5.74, 6) is 1.81. The van der Waals surface area contributed by atoms with Crippen LogP contribution in [0.15, 0.2) is 54.7 Å². The maximum Gasteiger partial charge on any atom is 0.338 e. The van der Waals surface area contributed by atoms with Crippen LogP contribution in [0.4, 0.5) is 5.69 Å². The molecular formula is C37H42ClN5O5. The van der Waals surface area contributed by atoms with Gasteiger partial charge < -0.3 is 28.4 Å².